The van der Waals surface area contributed by atoms with Crippen LogP contribution in [0.2, 0.25) is 0 Å². The molecule has 20 heavy (non-hydrogen) atoms. The molecule has 0 saturated heterocycles. The van der Waals surface area contributed by atoms with Crippen LogP contribution in [0.3, 0.4) is 0 Å². The van der Waals surface area contributed by atoms with Crippen LogP contribution in [0.5, 0.6) is 0 Å². The van der Waals surface area contributed by atoms with E-state index in [4.69, 9.17) is 9.52 Å². The minimum atomic E-state index is -1.04. The second-order valence-corrected chi connectivity index (χ2v) is 5.15. The number of carboxylic acids is 1. The smallest absolute Gasteiger partial charge is 0.326 e. The van der Waals surface area contributed by atoms with E-state index in [1.807, 2.05) is 26.0 Å². The Labute approximate surface area is 116 Å². The Morgan fingerprint density at radius 1 is 1.30 bits per heavy atom. The zero-order valence-electron chi connectivity index (χ0n) is 11.4. The molecule has 0 unspecified atom stereocenters. The van der Waals surface area contributed by atoms with Crippen LogP contribution in [0.25, 0.3) is 10.8 Å². The second-order valence-electron chi connectivity index (χ2n) is 5.15. The highest BCUT2D eigenvalue weighted by atomic mass is 16.4. The van der Waals surface area contributed by atoms with Crippen LogP contribution in [0, 0.1) is 5.92 Å². The summed E-state index contributed by atoms with van der Waals surface area (Å²) in [7, 11) is 0. The fraction of sp³-hybridized carbons (Fsp3) is 0.333. The third kappa shape index (κ3) is 2.99. The molecule has 1 aromatic carbocycles. The number of hydrogen-bond acceptors (Lipinski definition) is 3. The fourth-order valence-electron chi connectivity index (χ4n) is 2.08. The first-order valence-electron chi connectivity index (χ1n) is 6.49. The van der Waals surface area contributed by atoms with Gasteiger partial charge in [0.15, 0.2) is 5.76 Å². The molecule has 2 N–H and O–H groups in total. The summed E-state index contributed by atoms with van der Waals surface area (Å²) in [6.07, 6.45) is 1.86. The molecule has 2 aromatic rings. The first-order valence-corrected chi connectivity index (χ1v) is 6.49. The number of furan rings is 1. The van der Waals surface area contributed by atoms with Crippen molar-refractivity contribution in [2.24, 2.45) is 5.92 Å². The average Bonchev–Trinajstić information content (AvgIpc) is 2.81. The van der Waals surface area contributed by atoms with Gasteiger partial charge < -0.3 is 14.8 Å². The standard InChI is InChI=1S/C15H17NO4/c1-9(2)7-12(15(18)19)16-14(17)13-11-6-4-3-5-10(11)8-20-13/h3-6,8-9,12H,7H2,1-2H3,(H,16,17)(H,18,19)/t12-/m0/s1. The number of aliphatic carboxylic acids is 1. The molecule has 5 heteroatoms. The molecular weight excluding hydrogens is 258 g/mol. The van der Waals surface area contributed by atoms with Crippen molar-refractivity contribution in [2.75, 3.05) is 0 Å². The van der Waals surface area contributed by atoms with Crippen LogP contribution in [0.1, 0.15) is 30.8 Å². The van der Waals surface area contributed by atoms with Crippen molar-refractivity contribution in [1.82, 2.24) is 5.32 Å². The molecule has 0 radical (unpaired) electrons. The summed E-state index contributed by atoms with van der Waals surface area (Å²) >= 11 is 0. The van der Waals surface area contributed by atoms with Crippen LogP contribution < -0.4 is 5.32 Å². The molecule has 0 aliphatic heterocycles. The van der Waals surface area contributed by atoms with E-state index in [0.29, 0.717) is 11.8 Å². The van der Waals surface area contributed by atoms with Gasteiger partial charge in [0.1, 0.15) is 6.04 Å². The number of benzene rings is 1. The van der Waals surface area contributed by atoms with Crippen molar-refractivity contribution >= 4 is 22.6 Å². The van der Waals surface area contributed by atoms with Crippen LogP contribution in [0.4, 0.5) is 0 Å². The molecule has 106 valence electrons. The highest BCUT2D eigenvalue weighted by Crippen LogP contribution is 2.20. The molecule has 0 fully saturated rings. The molecular formula is C15H17NO4. The SMILES string of the molecule is CC(C)C[C@H](NC(=O)c1occ2ccccc12)C(=O)O. The summed E-state index contributed by atoms with van der Waals surface area (Å²) in [5, 5.41) is 13.1. The lowest BCUT2D eigenvalue weighted by molar-refractivity contribution is -0.139. The Kier molecular flexibility index (Phi) is 4.08. The lowest BCUT2D eigenvalue weighted by atomic mass is 10.0. The van der Waals surface area contributed by atoms with Gasteiger partial charge in [-0.25, -0.2) is 4.79 Å². The maximum atomic E-state index is 12.1. The predicted molar refractivity (Wildman–Crippen MR) is 74.6 cm³/mol. The lowest BCUT2D eigenvalue weighted by Gasteiger charge is -2.15. The number of hydrogen-bond donors (Lipinski definition) is 2. The van der Waals surface area contributed by atoms with E-state index >= 15 is 0 Å². The summed E-state index contributed by atoms with van der Waals surface area (Å²) in [6.45, 7) is 3.81. The second kappa shape index (κ2) is 5.77. The highest BCUT2D eigenvalue weighted by molar-refractivity contribution is 6.05. The minimum Gasteiger partial charge on any atom is -0.480 e. The van der Waals surface area contributed by atoms with E-state index < -0.39 is 17.9 Å². The molecule has 0 bridgehead atoms. The fourth-order valence-corrected chi connectivity index (χ4v) is 2.08. The Morgan fingerprint density at radius 3 is 2.65 bits per heavy atom. The lowest BCUT2D eigenvalue weighted by Crippen LogP contribution is -2.41. The van der Waals surface area contributed by atoms with Crippen molar-refractivity contribution < 1.29 is 19.1 Å². The van der Waals surface area contributed by atoms with E-state index in [2.05, 4.69) is 5.32 Å². The van der Waals surface area contributed by atoms with Gasteiger partial charge in [-0.2, -0.15) is 0 Å². The third-order valence-corrected chi connectivity index (χ3v) is 3.03. The molecule has 0 saturated carbocycles. The van der Waals surface area contributed by atoms with Crippen molar-refractivity contribution in [2.45, 2.75) is 26.3 Å². The van der Waals surface area contributed by atoms with Gasteiger partial charge >= 0.3 is 5.97 Å². The number of rotatable bonds is 5. The van der Waals surface area contributed by atoms with Gasteiger partial charge in [-0.05, 0) is 12.3 Å². The Hall–Kier alpha value is -2.30. The van der Waals surface area contributed by atoms with Gasteiger partial charge in [0, 0.05) is 10.8 Å². The van der Waals surface area contributed by atoms with Gasteiger partial charge in [0.2, 0.25) is 0 Å². The van der Waals surface area contributed by atoms with Crippen molar-refractivity contribution in [3.63, 3.8) is 0 Å². The first kappa shape index (κ1) is 14.1. The Morgan fingerprint density at radius 2 is 2.00 bits per heavy atom. The monoisotopic (exact) mass is 275 g/mol. The molecule has 1 atom stereocenters. The number of nitrogens with one attached hydrogen (secondary N) is 1. The highest BCUT2D eigenvalue weighted by Gasteiger charge is 2.24. The van der Waals surface area contributed by atoms with E-state index in [1.165, 1.54) is 6.26 Å². The van der Waals surface area contributed by atoms with E-state index in [-0.39, 0.29) is 11.7 Å². The van der Waals surface area contributed by atoms with E-state index in [9.17, 15) is 9.59 Å². The van der Waals surface area contributed by atoms with Crippen LogP contribution in [-0.2, 0) is 4.79 Å². The molecule has 0 spiro atoms. The van der Waals surface area contributed by atoms with Crippen molar-refractivity contribution in [1.29, 1.82) is 0 Å². The van der Waals surface area contributed by atoms with E-state index in [0.717, 1.165) is 5.39 Å². The Bertz CT molecular complexity index is 630. The number of carbonyl (C=O) groups excluding carboxylic acids is 1. The summed E-state index contributed by atoms with van der Waals surface area (Å²) in [6, 6.07) is 6.34. The average molecular weight is 275 g/mol. The quantitative estimate of drug-likeness (QED) is 0.879. The number of amides is 1. The van der Waals surface area contributed by atoms with Crippen molar-refractivity contribution in [3.05, 3.63) is 36.3 Å². The molecule has 1 heterocycles. The maximum Gasteiger partial charge on any atom is 0.326 e. The summed E-state index contributed by atoms with van der Waals surface area (Å²) < 4.78 is 5.26. The van der Waals surface area contributed by atoms with E-state index in [1.54, 1.807) is 12.1 Å². The third-order valence-electron chi connectivity index (χ3n) is 3.03. The van der Waals surface area contributed by atoms with Gasteiger partial charge in [-0.1, -0.05) is 38.1 Å². The summed E-state index contributed by atoms with van der Waals surface area (Å²) in [4.78, 5) is 23.3. The van der Waals surface area contributed by atoms with Crippen LogP contribution in [0.15, 0.2) is 34.9 Å². The van der Waals surface area contributed by atoms with Gasteiger partial charge in [-0.3, -0.25) is 4.79 Å². The molecule has 5 nitrogen and oxygen atoms in total. The molecule has 2 rings (SSSR count). The largest absolute Gasteiger partial charge is 0.480 e. The first-order chi connectivity index (χ1) is 9.49. The molecule has 1 amide bonds. The number of carboxylic acid groups (broad SMARTS) is 1. The number of carbonyl (C=O) groups is 2. The van der Waals surface area contributed by atoms with Gasteiger partial charge in [-0.15, -0.1) is 0 Å². The normalized spacial score (nSPS) is 12.6. The van der Waals surface area contributed by atoms with Crippen LogP contribution >= 0.6 is 0 Å². The number of fused-ring (bicyclic) bond motifs is 1. The predicted octanol–water partition coefficient (Wildman–Crippen LogP) is 2.66. The van der Waals surface area contributed by atoms with Crippen LogP contribution in [-0.4, -0.2) is 23.0 Å². The maximum absolute atomic E-state index is 12.1. The Balaban J connectivity index is 2.20. The van der Waals surface area contributed by atoms with Crippen molar-refractivity contribution in [3.8, 4) is 0 Å². The zero-order valence-corrected chi connectivity index (χ0v) is 11.4. The zero-order chi connectivity index (χ0) is 14.7. The topological polar surface area (TPSA) is 79.5 Å². The minimum absolute atomic E-state index is 0.149. The van der Waals surface area contributed by atoms with Gasteiger partial charge in [0.25, 0.3) is 5.91 Å². The molecule has 0 aliphatic rings. The summed E-state index contributed by atoms with van der Waals surface area (Å²) in [5.41, 5.74) is 0. The molecule has 0 aliphatic carbocycles. The summed E-state index contributed by atoms with van der Waals surface area (Å²) in [5.74, 6) is -1.22. The molecule has 1 aromatic heterocycles. The van der Waals surface area contributed by atoms with Gasteiger partial charge in [0.05, 0.1) is 6.26 Å².